The first kappa shape index (κ1) is 19.5. The largest absolute Gasteiger partial charge is 0.350 e. The number of aromatic nitrogens is 2. The van der Waals surface area contributed by atoms with Gasteiger partial charge in [0.15, 0.2) is 0 Å². The fraction of sp³-hybridized carbons (Fsp3) is 0.261. The molecule has 1 heterocycles. The van der Waals surface area contributed by atoms with Crippen LogP contribution < -0.4 is 10.6 Å². The van der Waals surface area contributed by atoms with Crippen molar-refractivity contribution >= 4 is 17.5 Å². The number of aryl methyl sites for hydroxylation is 3. The summed E-state index contributed by atoms with van der Waals surface area (Å²) in [6.45, 7) is 6.89. The third-order valence-electron chi connectivity index (χ3n) is 4.85. The number of hydrogen-bond donors (Lipinski definition) is 2. The summed E-state index contributed by atoms with van der Waals surface area (Å²) in [4.78, 5) is 21.3. The zero-order valence-corrected chi connectivity index (χ0v) is 16.6. The molecule has 0 aliphatic heterocycles. The number of anilines is 2. The number of amides is 1. The fourth-order valence-electron chi connectivity index (χ4n) is 3.11. The Morgan fingerprint density at radius 2 is 1.50 bits per heavy atom. The van der Waals surface area contributed by atoms with Crippen molar-refractivity contribution in [3.05, 3.63) is 82.7 Å². The number of nitrogens with zero attached hydrogens (tertiary/aromatic N) is 2. The second-order valence-corrected chi connectivity index (χ2v) is 6.69. The Labute approximate surface area is 166 Å². The second-order valence-electron chi connectivity index (χ2n) is 6.69. The topological polar surface area (TPSA) is 66.9 Å². The van der Waals surface area contributed by atoms with Crippen LogP contribution in [0.2, 0.25) is 0 Å². The van der Waals surface area contributed by atoms with Crippen molar-refractivity contribution in [1.82, 2.24) is 9.97 Å². The lowest BCUT2D eigenvalue weighted by atomic mass is 10.0. The van der Waals surface area contributed by atoms with Crippen molar-refractivity contribution in [2.75, 3.05) is 10.6 Å². The van der Waals surface area contributed by atoms with Crippen molar-refractivity contribution in [2.45, 2.75) is 40.2 Å². The summed E-state index contributed by atoms with van der Waals surface area (Å²) in [6, 6.07) is 14.3. The Morgan fingerprint density at radius 1 is 0.893 bits per heavy atom. The molecule has 5 nitrogen and oxygen atoms in total. The third-order valence-corrected chi connectivity index (χ3v) is 4.85. The summed E-state index contributed by atoms with van der Waals surface area (Å²) >= 11 is 0. The Kier molecular flexibility index (Phi) is 6.37. The summed E-state index contributed by atoms with van der Waals surface area (Å²) in [5.74, 6) is 0.309. The lowest BCUT2D eigenvalue weighted by Crippen LogP contribution is -2.16. The monoisotopic (exact) mass is 374 g/mol. The van der Waals surface area contributed by atoms with Crippen LogP contribution >= 0.6 is 0 Å². The highest BCUT2D eigenvalue weighted by Gasteiger charge is 2.12. The zero-order chi connectivity index (χ0) is 19.9. The number of carbonyl (C=O) groups excluding carboxylic acids is 1. The van der Waals surface area contributed by atoms with Gasteiger partial charge in [-0.1, -0.05) is 56.3 Å². The molecular formula is C23H26N4O. The zero-order valence-electron chi connectivity index (χ0n) is 16.6. The molecule has 0 atom stereocenters. The molecule has 1 aromatic heterocycles. The minimum absolute atomic E-state index is 0.193. The summed E-state index contributed by atoms with van der Waals surface area (Å²) in [7, 11) is 0. The molecule has 2 aromatic carbocycles. The summed E-state index contributed by atoms with van der Waals surface area (Å²) < 4.78 is 0. The summed E-state index contributed by atoms with van der Waals surface area (Å²) in [5.41, 5.74) is 6.01. The maximum Gasteiger partial charge on any atom is 0.258 e. The second kappa shape index (κ2) is 9.13. The van der Waals surface area contributed by atoms with E-state index in [9.17, 15) is 4.79 Å². The molecule has 144 valence electrons. The van der Waals surface area contributed by atoms with E-state index < -0.39 is 0 Å². The van der Waals surface area contributed by atoms with Crippen LogP contribution in [0.4, 0.5) is 11.6 Å². The van der Waals surface area contributed by atoms with E-state index >= 15 is 0 Å². The third kappa shape index (κ3) is 4.55. The van der Waals surface area contributed by atoms with Gasteiger partial charge >= 0.3 is 0 Å². The van der Waals surface area contributed by atoms with Gasteiger partial charge in [0, 0.05) is 24.6 Å². The molecule has 0 saturated carbocycles. The molecule has 3 aromatic rings. The molecule has 0 unspecified atom stereocenters. The highest BCUT2D eigenvalue weighted by molar-refractivity contribution is 6.04. The van der Waals surface area contributed by atoms with E-state index in [-0.39, 0.29) is 5.91 Å². The van der Waals surface area contributed by atoms with Gasteiger partial charge in [0.1, 0.15) is 0 Å². The number of para-hydroxylation sites is 1. The van der Waals surface area contributed by atoms with Crippen LogP contribution in [0.15, 0.2) is 54.9 Å². The van der Waals surface area contributed by atoms with E-state index in [0.29, 0.717) is 18.1 Å². The molecule has 1 amide bonds. The Hall–Kier alpha value is -3.21. The Morgan fingerprint density at radius 3 is 2.11 bits per heavy atom. The molecule has 0 spiro atoms. The molecule has 0 radical (unpaired) electrons. The van der Waals surface area contributed by atoms with E-state index in [2.05, 4.69) is 53.5 Å². The maximum absolute atomic E-state index is 12.7. The van der Waals surface area contributed by atoms with E-state index in [1.807, 2.05) is 30.3 Å². The van der Waals surface area contributed by atoms with Gasteiger partial charge in [-0.25, -0.2) is 9.97 Å². The highest BCUT2D eigenvalue weighted by atomic mass is 16.1. The van der Waals surface area contributed by atoms with Crippen LogP contribution in [0.25, 0.3) is 0 Å². The average molecular weight is 374 g/mol. The minimum atomic E-state index is -0.193. The van der Waals surface area contributed by atoms with Gasteiger partial charge in [0.05, 0.1) is 5.56 Å². The first-order valence-corrected chi connectivity index (χ1v) is 9.64. The van der Waals surface area contributed by atoms with Crippen LogP contribution in [0.3, 0.4) is 0 Å². The molecule has 2 N–H and O–H groups in total. The van der Waals surface area contributed by atoms with E-state index in [1.165, 1.54) is 11.1 Å². The van der Waals surface area contributed by atoms with E-state index in [4.69, 9.17) is 0 Å². The van der Waals surface area contributed by atoms with Crippen LogP contribution in [0.5, 0.6) is 0 Å². The van der Waals surface area contributed by atoms with Crippen molar-refractivity contribution in [1.29, 1.82) is 0 Å². The highest BCUT2D eigenvalue weighted by Crippen LogP contribution is 2.23. The summed E-state index contributed by atoms with van der Waals surface area (Å²) in [6.07, 6.45) is 4.84. The Balaban J connectivity index is 1.68. The normalized spacial score (nSPS) is 10.5. The predicted octanol–water partition coefficient (Wildman–Crippen LogP) is 4.77. The molecule has 0 bridgehead atoms. The average Bonchev–Trinajstić information content (AvgIpc) is 2.73. The lowest BCUT2D eigenvalue weighted by Gasteiger charge is -2.14. The van der Waals surface area contributed by atoms with Crippen LogP contribution in [-0.2, 0) is 19.4 Å². The van der Waals surface area contributed by atoms with Gasteiger partial charge in [-0.15, -0.1) is 0 Å². The number of rotatable bonds is 7. The molecule has 0 saturated heterocycles. The quantitative estimate of drug-likeness (QED) is 0.625. The van der Waals surface area contributed by atoms with Crippen LogP contribution in [0.1, 0.15) is 46.5 Å². The first-order chi connectivity index (χ1) is 13.6. The van der Waals surface area contributed by atoms with Crippen LogP contribution in [0, 0.1) is 6.92 Å². The molecule has 28 heavy (non-hydrogen) atoms. The molecule has 5 heteroatoms. The number of hydrogen-bond acceptors (Lipinski definition) is 4. The standard InChI is InChI=1S/C23H26N4O/c1-4-17-11-8-12-18(5-2)21(17)27-22(28)20-14-25-23(26-15-20)24-13-19-10-7-6-9-16(19)3/h6-12,14-15H,4-5,13H2,1-3H3,(H,27,28)(H,24,25,26). The molecule has 0 aliphatic rings. The molecule has 0 aliphatic carbocycles. The van der Waals surface area contributed by atoms with E-state index in [1.54, 1.807) is 12.4 Å². The smallest absolute Gasteiger partial charge is 0.258 e. The number of nitrogens with one attached hydrogen (secondary N) is 2. The summed E-state index contributed by atoms with van der Waals surface area (Å²) in [5, 5.41) is 6.24. The van der Waals surface area contributed by atoms with Crippen molar-refractivity contribution in [3.8, 4) is 0 Å². The fourth-order valence-corrected chi connectivity index (χ4v) is 3.11. The van der Waals surface area contributed by atoms with Crippen molar-refractivity contribution in [2.24, 2.45) is 0 Å². The van der Waals surface area contributed by atoms with Gasteiger partial charge in [-0.3, -0.25) is 4.79 Å². The van der Waals surface area contributed by atoms with Crippen molar-refractivity contribution in [3.63, 3.8) is 0 Å². The maximum atomic E-state index is 12.7. The van der Waals surface area contributed by atoms with Crippen LogP contribution in [-0.4, -0.2) is 15.9 Å². The minimum Gasteiger partial charge on any atom is -0.350 e. The SMILES string of the molecule is CCc1cccc(CC)c1NC(=O)c1cnc(NCc2ccccc2C)nc1. The predicted molar refractivity (Wildman–Crippen MR) is 114 cm³/mol. The van der Waals surface area contributed by atoms with Gasteiger partial charge in [0.25, 0.3) is 5.91 Å². The lowest BCUT2D eigenvalue weighted by molar-refractivity contribution is 0.102. The first-order valence-electron chi connectivity index (χ1n) is 9.64. The number of benzene rings is 2. The van der Waals surface area contributed by atoms with Crippen molar-refractivity contribution < 1.29 is 4.79 Å². The number of carbonyl (C=O) groups is 1. The molecule has 0 fully saturated rings. The molecular weight excluding hydrogens is 348 g/mol. The van der Waals surface area contributed by atoms with E-state index in [0.717, 1.165) is 29.7 Å². The molecule has 3 rings (SSSR count). The van der Waals surface area contributed by atoms with Gasteiger partial charge in [-0.2, -0.15) is 0 Å². The van der Waals surface area contributed by atoms with Gasteiger partial charge in [0.2, 0.25) is 5.95 Å². The van der Waals surface area contributed by atoms with Gasteiger partial charge in [-0.05, 0) is 42.0 Å². The van der Waals surface area contributed by atoms with Gasteiger partial charge < -0.3 is 10.6 Å². The Bertz CT molecular complexity index is 929.